The average molecular weight is 361 g/mol. The number of carbonyl (C=O) groups excluding carboxylic acids is 2. The van der Waals surface area contributed by atoms with Crippen LogP contribution in [0.15, 0.2) is 24.3 Å². The van der Waals surface area contributed by atoms with Gasteiger partial charge in [-0.15, -0.1) is 0 Å². The van der Waals surface area contributed by atoms with Crippen LogP contribution in [0.3, 0.4) is 0 Å². The predicted molar refractivity (Wildman–Crippen MR) is 97.5 cm³/mol. The number of fused-ring (bicyclic) bond motifs is 1. The van der Waals surface area contributed by atoms with Crippen LogP contribution in [0, 0.1) is 0 Å². The van der Waals surface area contributed by atoms with Crippen molar-refractivity contribution in [3.8, 4) is 0 Å². The van der Waals surface area contributed by atoms with Crippen LogP contribution in [0.1, 0.15) is 56.4 Å². The van der Waals surface area contributed by atoms with Gasteiger partial charge in [-0.3, -0.25) is 9.59 Å². The van der Waals surface area contributed by atoms with Crippen LogP contribution in [-0.2, 0) is 9.59 Å². The minimum atomic E-state index is -0.187. The van der Waals surface area contributed by atoms with Crippen LogP contribution in [0.25, 0.3) is 0 Å². The van der Waals surface area contributed by atoms with E-state index in [1.807, 2.05) is 17.0 Å². The summed E-state index contributed by atoms with van der Waals surface area (Å²) < 4.78 is 0. The van der Waals surface area contributed by atoms with Crippen molar-refractivity contribution in [1.82, 2.24) is 9.80 Å². The highest BCUT2D eigenvalue weighted by Gasteiger charge is 2.44. The van der Waals surface area contributed by atoms with E-state index >= 15 is 0 Å². The summed E-state index contributed by atoms with van der Waals surface area (Å²) in [6.07, 6.45) is 7.04. The van der Waals surface area contributed by atoms with E-state index in [1.54, 1.807) is 4.90 Å². The van der Waals surface area contributed by atoms with E-state index in [4.69, 9.17) is 11.6 Å². The molecule has 0 radical (unpaired) electrons. The lowest BCUT2D eigenvalue weighted by molar-refractivity contribution is -0.156. The van der Waals surface area contributed by atoms with Crippen molar-refractivity contribution in [2.75, 3.05) is 13.1 Å². The maximum atomic E-state index is 12.9. The number of piperazine rings is 1. The normalized spacial score (nSPS) is 30.4. The minimum Gasteiger partial charge on any atom is -0.329 e. The molecule has 25 heavy (non-hydrogen) atoms. The first kappa shape index (κ1) is 16.9. The zero-order valence-corrected chi connectivity index (χ0v) is 15.3. The molecule has 0 bridgehead atoms. The molecule has 0 spiro atoms. The fraction of sp³-hybridized carbons (Fsp3) is 0.600. The van der Waals surface area contributed by atoms with Gasteiger partial charge >= 0.3 is 0 Å². The molecule has 134 valence electrons. The zero-order chi connectivity index (χ0) is 17.4. The average Bonchev–Trinajstić information content (AvgIpc) is 2.98. The Hall–Kier alpha value is -1.55. The molecule has 3 fully saturated rings. The van der Waals surface area contributed by atoms with E-state index in [0.29, 0.717) is 5.92 Å². The molecule has 3 aliphatic rings. The maximum Gasteiger partial charge on any atom is 0.246 e. The number of nitrogens with zero attached hydrogens (tertiary/aromatic N) is 2. The first-order chi connectivity index (χ1) is 12.1. The number of carbonyl (C=O) groups is 2. The molecule has 1 aliphatic carbocycles. The van der Waals surface area contributed by atoms with Gasteiger partial charge < -0.3 is 9.80 Å². The second-order valence-electron chi connectivity index (χ2n) is 7.63. The number of rotatable bonds is 2. The number of halogens is 1. The molecule has 1 aromatic rings. The monoisotopic (exact) mass is 360 g/mol. The number of amides is 2. The molecule has 2 aliphatic heterocycles. The SMILES string of the molecule is O=C1[C@@H]2CCCN2C(=O)CN1[C@@H]1CCC[C@@H](c2cccc(Cl)c2)CC1. The lowest BCUT2D eigenvalue weighted by atomic mass is 9.92. The Morgan fingerprint density at radius 2 is 1.84 bits per heavy atom. The Morgan fingerprint density at radius 3 is 2.68 bits per heavy atom. The van der Waals surface area contributed by atoms with Gasteiger partial charge in [0.25, 0.3) is 0 Å². The van der Waals surface area contributed by atoms with Crippen molar-refractivity contribution in [3.63, 3.8) is 0 Å². The largest absolute Gasteiger partial charge is 0.329 e. The molecule has 2 saturated heterocycles. The molecule has 1 saturated carbocycles. The standard InChI is InChI=1S/C20H25ClN2O2/c21-16-6-1-5-15(12-16)14-4-2-7-17(10-9-14)23-13-19(24)22-11-3-8-18(22)20(23)25/h1,5-6,12,14,17-18H,2-4,7-11,13H2/t14-,17-,18+/m1/s1. The molecule has 4 rings (SSSR count). The highest BCUT2D eigenvalue weighted by molar-refractivity contribution is 6.30. The highest BCUT2D eigenvalue weighted by atomic mass is 35.5. The van der Waals surface area contributed by atoms with Crippen molar-refractivity contribution in [3.05, 3.63) is 34.9 Å². The molecule has 4 nitrogen and oxygen atoms in total. The van der Waals surface area contributed by atoms with Crippen molar-refractivity contribution in [1.29, 1.82) is 0 Å². The van der Waals surface area contributed by atoms with E-state index < -0.39 is 0 Å². The number of hydrogen-bond acceptors (Lipinski definition) is 2. The van der Waals surface area contributed by atoms with Crippen molar-refractivity contribution in [2.45, 2.75) is 62.9 Å². The first-order valence-electron chi connectivity index (χ1n) is 9.49. The van der Waals surface area contributed by atoms with Gasteiger partial charge in [-0.25, -0.2) is 0 Å². The Labute approximate surface area is 154 Å². The van der Waals surface area contributed by atoms with E-state index in [-0.39, 0.29) is 30.4 Å². The molecule has 0 N–H and O–H groups in total. The molecule has 2 heterocycles. The van der Waals surface area contributed by atoms with E-state index in [2.05, 4.69) is 12.1 Å². The summed E-state index contributed by atoms with van der Waals surface area (Å²) in [5, 5.41) is 0.788. The molecule has 3 atom stereocenters. The lowest BCUT2D eigenvalue weighted by Gasteiger charge is -2.40. The smallest absolute Gasteiger partial charge is 0.246 e. The highest BCUT2D eigenvalue weighted by Crippen LogP contribution is 2.35. The number of hydrogen-bond donors (Lipinski definition) is 0. The van der Waals surface area contributed by atoms with Crippen molar-refractivity contribution in [2.24, 2.45) is 0 Å². The van der Waals surface area contributed by atoms with Crippen LogP contribution in [0.2, 0.25) is 5.02 Å². The van der Waals surface area contributed by atoms with Gasteiger partial charge in [0.05, 0.1) is 0 Å². The third-order valence-electron chi connectivity index (χ3n) is 6.15. The van der Waals surface area contributed by atoms with Gasteiger partial charge in [-0.05, 0) is 62.1 Å². The fourth-order valence-electron chi connectivity index (χ4n) is 4.82. The summed E-state index contributed by atoms with van der Waals surface area (Å²) in [5.41, 5.74) is 1.30. The summed E-state index contributed by atoms with van der Waals surface area (Å²) in [6.45, 7) is 1.03. The minimum absolute atomic E-state index is 0.137. The van der Waals surface area contributed by atoms with Crippen LogP contribution < -0.4 is 0 Å². The van der Waals surface area contributed by atoms with Gasteiger partial charge in [-0.1, -0.05) is 30.2 Å². The molecule has 0 aromatic heterocycles. The topological polar surface area (TPSA) is 40.6 Å². The van der Waals surface area contributed by atoms with E-state index in [1.165, 1.54) is 5.56 Å². The summed E-state index contributed by atoms with van der Waals surface area (Å²) in [6, 6.07) is 8.18. The summed E-state index contributed by atoms with van der Waals surface area (Å²) in [7, 11) is 0. The summed E-state index contributed by atoms with van der Waals surface area (Å²) in [5.74, 6) is 0.823. The van der Waals surface area contributed by atoms with Crippen molar-refractivity contribution >= 4 is 23.4 Å². The third-order valence-corrected chi connectivity index (χ3v) is 6.38. The van der Waals surface area contributed by atoms with E-state index in [0.717, 1.165) is 56.5 Å². The van der Waals surface area contributed by atoms with E-state index in [9.17, 15) is 9.59 Å². The van der Waals surface area contributed by atoms with Gasteiger partial charge in [0.2, 0.25) is 11.8 Å². The predicted octanol–water partition coefficient (Wildman–Crippen LogP) is 3.59. The van der Waals surface area contributed by atoms with Crippen LogP contribution in [0.4, 0.5) is 0 Å². The Morgan fingerprint density at radius 1 is 0.960 bits per heavy atom. The van der Waals surface area contributed by atoms with Gasteiger partial charge in [-0.2, -0.15) is 0 Å². The Kier molecular flexibility index (Phi) is 4.72. The fourth-order valence-corrected chi connectivity index (χ4v) is 5.02. The Bertz CT molecular complexity index is 677. The van der Waals surface area contributed by atoms with Crippen LogP contribution in [-0.4, -0.2) is 46.8 Å². The van der Waals surface area contributed by atoms with Gasteiger partial charge in [0, 0.05) is 17.6 Å². The second kappa shape index (κ2) is 6.99. The molecule has 1 aromatic carbocycles. The number of benzene rings is 1. The molecular formula is C20H25ClN2O2. The Balaban J connectivity index is 1.45. The maximum absolute atomic E-state index is 12.9. The lowest BCUT2D eigenvalue weighted by Crippen LogP contribution is -2.59. The van der Waals surface area contributed by atoms with Gasteiger partial charge in [0.1, 0.15) is 12.6 Å². The summed E-state index contributed by atoms with van der Waals surface area (Å²) in [4.78, 5) is 29.0. The quantitative estimate of drug-likeness (QED) is 0.756. The second-order valence-corrected chi connectivity index (χ2v) is 8.06. The zero-order valence-electron chi connectivity index (χ0n) is 14.5. The first-order valence-corrected chi connectivity index (χ1v) is 9.86. The molecule has 2 amide bonds. The summed E-state index contributed by atoms with van der Waals surface area (Å²) >= 11 is 6.15. The molecule has 0 unspecified atom stereocenters. The van der Waals surface area contributed by atoms with Crippen LogP contribution >= 0.6 is 11.6 Å². The third kappa shape index (κ3) is 3.29. The van der Waals surface area contributed by atoms with Gasteiger partial charge in [0.15, 0.2) is 0 Å². The van der Waals surface area contributed by atoms with Crippen molar-refractivity contribution < 1.29 is 9.59 Å². The van der Waals surface area contributed by atoms with Crippen LogP contribution in [0.5, 0.6) is 0 Å². The molecule has 5 heteroatoms. The molecular weight excluding hydrogens is 336 g/mol.